The molecule has 2 N–H and O–H groups in total. The molecule has 2 aliphatic rings. The Bertz CT molecular complexity index is 1200. The quantitative estimate of drug-likeness (QED) is 0.570. The van der Waals surface area contributed by atoms with Crippen LogP contribution in [0.5, 0.6) is 5.75 Å². The van der Waals surface area contributed by atoms with Gasteiger partial charge in [0, 0.05) is 19.1 Å². The van der Waals surface area contributed by atoms with Crippen LogP contribution in [0.3, 0.4) is 0 Å². The number of likely N-dealkylation sites (tertiary alicyclic amines) is 1. The van der Waals surface area contributed by atoms with E-state index in [0.717, 1.165) is 38.5 Å². The molecule has 1 aliphatic heterocycles. The van der Waals surface area contributed by atoms with Crippen LogP contribution in [0, 0.1) is 5.92 Å². The van der Waals surface area contributed by atoms with Crippen LogP contribution in [0.1, 0.15) is 72.6 Å². The highest BCUT2D eigenvalue weighted by Gasteiger charge is 2.27. The van der Waals surface area contributed by atoms with Gasteiger partial charge in [0.25, 0.3) is 21.8 Å². The average Bonchev–Trinajstić information content (AvgIpc) is 2.89. The minimum absolute atomic E-state index is 0.0699. The summed E-state index contributed by atoms with van der Waals surface area (Å²) in [6.07, 6.45) is 7.01. The largest absolute Gasteiger partial charge is 0.496 e. The summed E-state index contributed by atoms with van der Waals surface area (Å²) in [5, 5.41) is 3.04. The highest BCUT2D eigenvalue weighted by molar-refractivity contribution is 7.92. The molecule has 8 nitrogen and oxygen atoms in total. The number of nitrogens with one attached hydrogen (secondary N) is 2. The summed E-state index contributed by atoms with van der Waals surface area (Å²) in [6.45, 7) is 3.41. The van der Waals surface area contributed by atoms with Crippen molar-refractivity contribution in [2.24, 2.45) is 5.92 Å². The number of anilines is 1. The minimum Gasteiger partial charge on any atom is -0.496 e. The van der Waals surface area contributed by atoms with Crippen molar-refractivity contribution in [3.05, 3.63) is 53.6 Å². The highest BCUT2D eigenvalue weighted by atomic mass is 32.2. The van der Waals surface area contributed by atoms with E-state index in [1.807, 2.05) is 0 Å². The molecule has 0 radical (unpaired) electrons. The van der Waals surface area contributed by atoms with E-state index in [4.69, 9.17) is 4.74 Å². The van der Waals surface area contributed by atoms with Crippen molar-refractivity contribution in [1.29, 1.82) is 0 Å². The Hall–Kier alpha value is -3.07. The minimum atomic E-state index is -4.08. The van der Waals surface area contributed by atoms with Crippen LogP contribution < -0.4 is 14.8 Å². The topological polar surface area (TPSA) is 105 Å². The van der Waals surface area contributed by atoms with E-state index in [1.165, 1.54) is 31.7 Å². The van der Waals surface area contributed by atoms with Crippen LogP contribution >= 0.6 is 0 Å². The molecule has 0 atom stereocenters. The number of nitrogens with zero attached hydrogens (tertiary/aromatic N) is 1. The van der Waals surface area contributed by atoms with E-state index in [0.29, 0.717) is 24.8 Å². The van der Waals surface area contributed by atoms with Crippen molar-refractivity contribution < 1.29 is 22.7 Å². The van der Waals surface area contributed by atoms with Gasteiger partial charge in [-0.25, -0.2) is 8.42 Å². The van der Waals surface area contributed by atoms with Gasteiger partial charge in [-0.2, -0.15) is 0 Å². The van der Waals surface area contributed by atoms with Gasteiger partial charge >= 0.3 is 0 Å². The number of piperidine rings is 1. The average molecular weight is 514 g/mol. The normalized spacial score (nSPS) is 17.4. The molecule has 2 amide bonds. The number of benzene rings is 2. The monoisotopic (exact) mass is 513 g/mol. The summed E-state index contributed by atoms with van der Waals surface area (Å²) < 4.78 is 34.6. The van der Waals surface area contributed by atoms with Gasteiger partial charge < -0.3 is 15.0 Å². The van der Waals surface area contributed by atoms with E-state index in [2.05, 4.69) is 17.0 Å². The molecule has 2 aromatic carbocycles. The predicted octanol–water partition coefficient (Wildman–Crippen LogP) is 4.43. The molecule has 4 rings (SSSR count). The standard InChI is InChI=1S/C27H35N3O5S/c1-19-14-16-30(17-15-19)27(32)23-18-21(12-13-25(23)35-2)36(33,34)29-24-11-7-6-10-22(24)26(31)28-20-8-4-3-5-9-20/h6-7,10-13,18-20,29H,3-5,8-9,14-17H2,1-2H3,(H,28,31). The third-order valence-electron chi connectivity index (χ3n) is 7.14. The van der Waals surface area contributed by atoms with Gasteiger partial charge in [-0.3, -0.25) is 14.3 Å². The third-order valence-corrected chi connectivity index (χ3v) is 8.50. The molecule has 1 heterocycles. The summed E-state index contributed by atoms with van der Waals surface area (Å²) >= 11 is 0. The van der Waals surface area contributed by atoms with Crippen molar-refractivity contribution in [2.45, 2.75) is 62.8 Å². The maximum absolute atomic E-state index is 13.4. The van der Waals surface area contributed by atoms with Crippen molar-refractivity contribution >= 4 is 27.5 Å². The summed E-state index contributed by atoms with van der Waals surface area (Å²) in [4.78, 5) is 27.9. The van der Waals surface area contributed by atoms with Crippen LogP contribution in [0.15, 0.2) is 47.4 Å². The SMILES string of the molecule is COc1ccc(S(=O)(=O)Nc2ccccc2C(=O)NC2CCCCC2)cc1C(=O)N1CCC(C)CC1. The van der Waals surface area contributed by atoms with Crippen LogP contribution in [0.4, 0.5) is 5.69 Å². The predicted molar refractivity (Wildman–Crippen MR) is 139 cm³/mol. The van der Waals surface area contributed by atoms with E-state index < -0.39 is 10.0 Å². The molecule has 0 aromatic heterocycles. The van der Waals surface area contributed by atoms with Crippen molar-refractivity contribution in [1.82, 2.24) is 10.2 Å². The molecule has 9 heteroatoms. The molecule has 2 fully saturated rings. The first kappa shape index (κ1) is 26.0. The lowest BCUT2D eigenvalue weighted by Gasteiger charge is -2.30. The van der Waals surface area contributed by atoms with Gasteiger partial charge in [0.1, 0.15) is 5.75 Å². The van der Waals surface area contributed by atoms with E-state index in [1.54, 1.807) is 29.2 Å². The Morgan fingerprint density at radius 2 is 1.64 bits per heavy atom. The number of rotatable bonds is 7. The first-order valence-electron chi connectivity index (χ1n) is 12.7. The fourth-order valence-electron chi connectivity index (χ4n) is 4.89. The summed E-state index contributed by atoms with van der Waals surface area (Å²) in [6, 6.07) is 10.9. The number of amides is 2. The number of ether oxygens (including phenoxy) is 1. The molecular formula is C27H35N3O5S. The Balaban J connectivity index is 1.57. The molecule has 36 heavy (non-hydrogen) atoms. The Kier molecular flexibility index (Phi) is 8.18. The zero-order valence-corrected chi connectivity index (χ0v) is 21.8. The second-order valence-electron chi connectivity index (χ2n) is 9.80. The fourth-order valence-corrected chi connectivity index (χ4v) is 5.99. The lowest BCUT2D eigenvalue weighted by molar-refractivity contribution is 0.0693. The molecule has 1 saturated heterocycles. The van der Waals surface area contributed by atoms with Crippen LogP contribution in [-0.4, -0.2) is 51.4 Å². The molecule has 1 saturated carbocycles. The first-order chi connectivity index (χ1) is 17.3. The molecule has 194 valence electrons. The number of methoxy groups -OCH3 is 1. The highest BCUT2D eigenvalue weighted by Crippen LogP contribution is 2.28. The number of sulfonamides is 1. The lowest BCUT2D eigenvalue weighted by Crippen LogP contribution is -2.38. The van der Waals surface area contributed by atoms with E-state index in [-0.39, 0.29) is 39.6 Å². The smallest absolute Gasteiger partial charge is 0.261 e. The van der Waals surface area contributed by atoms with Crippen molar-refractivity contribution in [3.8, 4) is 5.75 Å². The van der Waals surface area contributed by atoms with Gasteiger partial charge in [-0.05, 0) is 61.9 Å². The number of para-hydroxylation sites is 1. The van der Waals surface area contributed by atoms with Crippen LogP contribution in [0.2, 0.25) is 0 Å². The molecule has 0 spiro atoms. The molecular weight excluding hydrogens is 478 g/mol. The van der Waals surface area contributed by atoms with Gasteiger partial charge in [0.2, 0.25) is 0 Å². The van der Waals surface area contributed by atoms with E-state index in [9.17, 15) is 18.0 Å². The maximum atomic E-state index is 13.4. The van der Waals surface area contributed by atoms with Crippen LogP contribution in [-0.2, 0) is 10.0 Å². The summed E-state index contributed by atoms with van der Waals surface area (Å²) in [5.41, 5.74) is 0.664. The molecule has 0 bridgehead atoms. The Morgan fingerprint density at radius 3 is 2.33 bits per heavy atom. The Morgan fingerprint density at radius 1 is 0.944 bits per heavy atom. The summed E-state index contributed by atoms with van der Waals surface area (Å²) in [5.74, 6) is 0.334. The second kappa shape index (κ2) is 11.3. The van der Waals surface area contributed by atoms with Crippen LogP contribution in [0.25, 0.3) is 0 Å². The lowest BCUT2D eigenvalue weighted by atomic mass is 9.95. The van der Waals surface area contributed by atoms with Gasteiger partial charge in [-0.1, -0.05) is 38.3 Å². The van der Waals surface area contributed by atoms with Crippen molar-refractivity contribution in [2.75, 3.05) is 24.9 Å². The molecule has 2 aromatic rings. The van der Waals surface area contributed by atoms with Gasteiger partial charge in [0.05, 0.1) is 28.8 Å². The maximum Gasteiger partial charge on any atom is 0.261 e. The third kappa shape index (κ3) is 6.00. The molecule has 1 aliphatic carbocycles. The van der Waals surface area contributed by atoms with Crippen molar-refractivity contribution in [3.63, 3.8) is 0 Å². The zero-order valence-electron chi connectivity index (χ0n) is 21.0. The number of hydrogen-bond donors (Lipinski definition) is 2. The zero-order chi connectivity index (χ0) is 25.7. The molecule has 0 unspecified atom stereocenters. The van der Waals surface area contributed by atoms with Gasteiger partial charge in [-0.15, -0.1) is 0 Å². The summed E-state index contributed by atoms with van der Waals surface area (Å²) in [7, 11) is -2.62. The van der Waals surface area contributed by atoms with Gasteiger partial charge in [0.15, 0.2) is 0 Å². The number of carbonyl (C=O) groups is 2. The second-order valence-corrected chi connectivity index (χ2v) is 11.5. The van der Waals surface area contributed by atoms with E-state index >= 15 is 0 Å². The number of carbonyl (C=O) groups excluding carboxylic acids is 2. The first-order valence-corrected chi connectivity index (χ1v) is 14.2. The Labute approximate surface area is 213 Å². The fraction of sp³-hybridized carbons (Fsp3) is 0.481. The number of hydrogen-bond acceptors (Lipinski definition) is 5.